The van der Waals surface area contributed by atoms with Crippen LogP contribution in [0.1, 0.15) is 19.4 Å². The van der Waals surface area contributed by atoms with Gasteiger partial charge in [-0.2, -0.15) is 4.31 Å². The van der Waals surface area contributed by atoms with Crippen LogP contribution in [0.2, 0.25) is 0 Å². The zero-order chi connectivity index (χ0) is 19.2. The van der Waals surface area contributed by atoms with E-state index >= 15 is 0 Å². The smallest absolute Gasteiger partial charge is 0.331 e. The van der Waals surface area contributed by atoms with Gasteiger partial charge in [0.15, 0.2) is 6.61 Å². The summed E-state index contributed by atoms with van der Waals surface area (Å²) in [5, 5.41) is 0. The number of benzene rings is 1. The number of amides is 1. The van der Waals surface area contributed by atoms with E-state index < -0.39 is 16.0 Å². The van der Waals surface area contributed by atoms with Gasteiger partial charge < -0.3 is 9.64 Å². The number of nitrogens with zero attached hydrogens (tertiary/aromatic N) is 2. The normalized spacial score (nSPS) is 15.4. The number of carbonyl (C=O) groups is 2. The van der Waals surface area contributed by atoms with Crippen molar-refractivity contribution >= 4 is 21.9 Å². The molecule has 0 atom stereocenters. The molecule has 0 unspecified atom stereocenters. The summed E-state index contributed by atoms with van der Waals surface area (Å²) >= 11 is 0. The Kier molecular flexibility index (Phi) is 6.93. The number of piperazine rings is 1. The maximum absolute atomic E-state index is 12.5. The van der Waals surface area contributed by atoms with E-state index in [1.54, 1.807) is 38.1 Å². The first kappa shape index (κ1) is 20.1. The van der Waals surface area contributed by atoms with Crippen LogP contribution in [0.4, 0.5) is 0 Å². The van der Waals surface area contributed by atoms with E-state index in [0.717, 1.165) is 11.1 Å². The van der Waals surface area contributed by atoms with Crippen molar-refractivity contribution in [1.82, 2.24) is 9.21 Å². The standard InChI is InChI=1S/C18H24N2O5S/c1-15(2)12-18(22)25-13-17(21)19-8-10-20(11-9-19)26(23,24)14-16-6-4-3-5-7-16/h3-7,12H,8-11,13-14H2,1-2H3. The van der Waals surface area contributed by atoms with Crippen LogP contribution in [0.3, 0.4) is 0 Å². The Morgan fingerprint density at radius 1 is 1.08 bits per heavy atom. The Hall–Kier alpha value is -2.19. The molecule has 1 aliphatic heterocycles. The molecule has 1 saturated heterocycles. The van der Waals surface area contributed by atoms with Crippen molar-refractivity contribution in [3.8, 4) is 0 Å². The Morgan fingerprint density at radius 3 is 2.27 bits per heavy atom. The van der Waals surface area contributed by atoms with E-state index in [1.807, 2.05) is 6.07 Å². The third-order valence-corrected chi connectivity index (χ3v) is 5.77. The van der Waals surface area contributed by atoms with E-state index in [-0.39, 0.29) is 44.4 Å². The van der Waals surface area contributed by atoms with Crippen LogP contribution >= 0.6 is 0 Å². The van der Waals surface area contributed by atoms with Crippen LogP contribution in [0.5, 0.6) is 0 Å². The zero-order valence-corrected chi connectivity index (χ0v) is 15.9. The van der Waals surface area contributed by atoms with Gasteiger partial charge in [-0.05, 0) is 19.4 Å². The van der Waals surface area contributed by atoms with Crippen molar-refractivity contribution in [3.63, 3.8) is 0 Å². The number of sulfonamides is 1. The van der Waals surface area contributed by atoms with Crippen molar-refractivity contribution in [2.75, 3.05) is 32.8 Å². The molecular formula is C18H24N2O5S. The summed E-state index contributed by atoms with van der Waals surface area (Å²) in [6.45, 7) is 4.24. The Bertz CT molecular complexity index is 762. The van der Waals surface area contributed by atoms with Crippen molar-refractivity contribution in [3.05, 3.63) is 47.5 Å². The van der Waals surface area contributed by atoms with Crippen LogP contribution in [-0.4, -0.2) is 62.3 Å². The highest BCUT2D eigenvalue weighted by atomic mass is 32.2. The fourth-order valence-electron chi connectivity index (χ4n) is 2.59. The maximum Gasteiger partial charge on any atom is 0.331 e. The van der Waals surface area contributed by atoms with Gasteiger partial charge in [0.2, 0.25) is 10.0 Å². The number of allylic oxidation sites excluding steroid dienone is 1. The molecule has 1 aliphatic rings. The van der Waals surface area contributed by atoms with Crippen LogP contribution in [0.25, 0.3) is 0 Å². The van der Waals surface area contributed by atoms with Gasteiger partial charge in [0, 0.05) is 32.3 Å². The third kappa shape index (κ3) is 5.96. The molecule has 0 radical (unpaired) electrons. The van der Waals surface area contributed by atoms with Gasteiger partial charge >= 0.3 is 5.97 Å². The molecular weight excluding hydrogens is 356 g/mol. The lowest BCUT2D eigenvalue weighted by molar-refractivity contribution is -0.148. The van der Waals surface area contributed by atoms with Gasteiger partial charge in [-0.3, -0.25) is 4.79 Å². The first-order valence-corrected chi connectivity index (χ1v) is 10.00. The topological polar surface area (TPSA) is 84.0 Å². The zero-order valence-electron chi connectivity index (χ0n) is 15.1. The lowest BCUT2D eigenvalue weighted by Gasteiger charge is -2.33. The molecule has 1 aromatic rings. The fraction of sp³-hybridized carbons (Fsp3) is 0.444. The average Bonchev–Trinajstić information content (AvgIpc) is 2.60. The minimum absolute atomic E-state index is 0.0535. The molecule has 0 spiro atoms. The van der Waals surface area contributed by atoms with Gasteiger partial charge in [0.05, 0.1) is 5.75 Å². The van der Waals surface area contributed by atoms with E-state index in [1.165, 1.54) is 15.3 Å². The SMILES string of the molecule is CC(C)=CC(=O)OCC(=O)N1CCN(S(=O)(=O)Cc2ccccc2)CC1. The number of ether oxygens (including phenoxy) is 1. The Balaban J connectivity index is 1.83. The van der Waals surface area contributed by atoms with E-state index in [4.69, 9.17) is 4.74 Å². The molecule has 0 N–H and O–H groups in total. The minimum Gasteiger partial charge on any atom is -0.452 e. The molecule has 1 fully saturated rings. The first-order chi connectivity index (χ1) is 12.3. The summed E-state index contributed by atoms with van der Waals surface area (Å²) in [7, 11) is -3.42. The van der Waals surface area contributed by atoms with Crippen molar-refractivity contribution in [2.45, 2.75) is 19.6 Å². The summed E-state index contributed by atoms with van der Waals surface area (Å²) in [6.07, 6.45) is 1.32. The summed E-state index contributed by atoms with van der Waals surface area (Å²) in [5.41, 5.74) is 1.52. The highest BCUT2D eigenvalue weighted by molar-refractivity contribution is 7.88. The van der Waals surface area contributed by atoms with E-state index in [2.05, 4.69) is 0 Å². The molecule has 7 nitrogen and oxygen atoms in total. The van der Waals surface area contributed by atoms with E-state index in [9.17, 15) is 18.0 Å². The van der Waals surface area contributed by atoms with Gasteiger partial charge in [0.1, 0.15) is 0 Å². The molecule has 1 heterocycles. The molecule has 26 heavy (non-hydrogen) atoms. The van der Waals surface area contributed by atoms with Gasteiger partial charge in [0.25, 0.3) is 5.91 Å². The van der Waals surface area contributed by atoms with Gasteiger partial charge in [-0.15, -0.1) is 0 Å². The Labute approximate surface area is 154 Å². The molecule has 1 amide bonds. The summed E-state index contributed by atoms with van der Waals surface area (Å²) < 4.78 is 31.3. The summed E-state index contributed by atoms with van der Waals surface area (Å²) in [4.78, 5) is 25.1. The van der Waals surface area contributed by atoms with E-state index in [0.29, 0.717) is 0 Å². The molecule has 2 rings (SSSR count). The number of hydrogen-bond donors (Lipinski definition) is 0. The third-order valence-electron chi connectivity index (χ3n) is 3.92. The number of hydrogen-bond acceptors (Lipinski definition) is 5. The number of esters is 1. The highest BCUT2D eigenvalue weighted by Crippen LogP contribution is 2.13. The predicted molar refractivity (Wildman–Crippen MR) is 97.6 cm³/mol. The minimum atomic E-state index is -3.42. The number of carbonyl (C=O) groups excluding carboxylic acids is 2. The first-order valence-electron chi connectivity index (χ1n) is 8.39. The second-order valence-corrected chi connectivity index (χ2v) is 8.32. The lowest BCUT2D eigenvalue weighted by Crippen LogP contribution is -2.51. The number of rotatable bonds is 6. The Morgan fingerprint density at radius 2 is 1.69 bits per heavy atom. The molecule has 0 bridgehead atoms. The highest BCUT2D eigenvalue weighted by Gasteiger charge is 2.29. The van der Waals surface area contributed by atoms with Crippen LogP contribution < -0.4 is 0 Å². The van der Waals surface area contributed by atoms with Gasteiger partial charge in [-0.1, -0.05) is 35.9 Å². The summed E-state index contributed by atoms with van der Waals surface area (Å²) in [6, 6.07) is 9.00. The summed E-state index contributed by atoms with van der Waals surface area (Å²) in [5.74, 6) is -0.926. The second kappa shape index (κ2) is 8.95. The monoisotopic (exact) mass is 380 g/mol. The molecule has 1 aromatic carbocycles. The molecule has 0 saturated carbocycles. The lowest BCUT2D eigenvalue weighted by atomic mass is 10.2. The van der Waals surface area contributed by atoms with Crippen LogP contribution in [0, 0.1) is 0 Å². The molecule has 8 heteroatoms. The van der Waals surface area contributed by atoms with Crippen molar-refractivity contribution in [1.29, 1.82) is 0 Å². The quantitative estimate of drug-likeness (QED) is 0.546. The fourth-order valence-corrected chi connectivity index (χ4v) is 4.11. The van der Waals surface area contributed by atoms with Crippen LogP contribution in [-0.2, 0) is 30.1 Å². The maximum atomic E-state index is 12.5. The molecule has 0 aromatic heterocycles. The molecule has 142 valence electrons. The van der Waals surface area contributed by atoms with Crippen LogP contribution in [0.15, 0.2) is 42.0 Å². The second-order valence-electron chi connectivity index (χ2n) is 6.35. The van der Waals surface area contributed by atoms with Gasteiger partial charge in [-0.25, -0.2) is 13.2 Å². The van der Waals surface area contributed by atoms with Crippen molar-refractivity contribution < 1.29 is 22.7 Å². The predicted octanol–water partition coefficient (Wildman–Crippen LogP) is 1.17. The average molecular weight is 380 g/mol. The van der Waals surface area contributed by atoms with Crippen molar-refractivity contribution in [2.24, 2.45) is 0 Å². The largest absolute Gasteiger partial charge is 0.452 e. The molecule has 0 aliphatic carbocycles.